The van der Waals surface area contributed by atoms with E-state index in [0.717, 1.165) is 18.8 Å². The molecule has 0 bridgehead atoms. The van der Waals surface area contributed by atoms with E-state index in [1.165, 1.54) is 5.56 Å². The van der Waals surface area contributed by atoms with Crippen LogP contribution in [0, 0.1) is 5.92 Å². The van der Waals surface area contributed by atoms with E-state index in [1.54, 1.807) is 0 Å². The highest BCUT2D eigenvalue weighted by molar-refractivity contribution is 5.95. The first-order valence-corrected chi connectivity index (χ1v) is 9.44. The summed E-state index contributed by atoms with van der Waals surface area (Å²) in [4.78, 5) is 17.2. The van der Waals surface area contributed by atoms with Gasteiger partial charge in [-0.1, -0.05) is 48.5 Å². The van der Waals surface area contributed by atoms with E-state index in [4.69, 9.17) is 5.73 Å². The monoisotopic (exact) mass is 387 g/mol. The summed E-state index contributed by atoms with van der Waals surface area (Å²) in [7, 11) is 0. The summed E-state index contributed by atoms with van der Waals surface area (Å²) in [6.45, 7) is 6.97. The van der Waals surface area contributed by atoms with Crippen molar-refractivity contribution in [3.05, 3.63) is 66.2 Å². The molecule has 2 N–H and O–H groups in total. The zero-order chi connectivity index (χ0) is 18.5. The first-order valence-electron chi connectivity index (χ1n) is 9.44. The fourth-order valence-corrected chi connectivity index (χ4v) is 3.99. The van der Waals surface area contributed by atoms with Gasteiger partial charge in [0.2, 0.25) is 5.91 Å². The lowest BCUT2D eigenvalue weighted by atomic mass is 9.89. The standard InChI is InChI=1S/C22H29N3O.ClH/c1-17(2)25(20-11-7-4-8-12-20)22(26)16-24-14-19(13-23)21(15-24)18-9-5-3-6-10-18;/h3-12,17,19,21H,13-16,23H2,1-2H3;1H/t19-,21+;/m1./s1. The van der Waals surface area contributed by atoms with E-state index >= 15 is 0 Å². The van der Waals surface area contributed by atoms with Gasteiger partial charge in [-0.2, -0.15) is 0 Å². The minimum Gasteiger partial charge on any atom is -0.330 e. The molecule has 4 nitrogen and oxygen atoms in total. The molecule has 1 heterocycles. The number of carbonyl (C=O) groups is 1. The Morgan fingerprint density at radius 3 is 2.22 bits per heavy atom. The van der Waals surface area contributed by atoms with Crippen molar-refractivity contribution >= 4 is 24.0 Å². The summed E-state index contributed by atoms with van der Waals surface area (Å²) < 4.78 is 0. The number of amides is 1. The summed E-state index contributed by atoms with van der Waals surface area (Å²) in [6.07, 6.45) is 0. The molecule has 1 aliphatic rings. The topological polar surface area (TPSA) is 49.6 Å². The van der Waals surface area contributed by atoms with Crippen LogP contribution in [0.3, 0.4) is 0 Å². The van der Waals surface area contributed by atoms with E-state index in [2.05, 4.69) is 43.0 Å². The van der Waals surface area contributed by atoms with E-state index < -0.39 is 0 Å². The van der Waals surface area contributed by atoms with Crippen molar-refractivity contribution in [3.8, 4) is 0 Å². The Morgan fingerprint density at radius 2 is 1.67 bits per heavy atom. The lowest BCUT2D eigenvalue weighted by molar-refractivity contribution is -0.119. The lowest BCUT2D eigenvalue weighted by Crippen LogP contribution is -2.43. The number of rotatable bonds is 6. The van der Waals surface area contributed by atoms with Gasteiger partial charge < -0.3 is 10.6 Å². The molecule has 2 aromatic rings. The molecule has 1 amide bonds. The second-order valence-corrected chi connectivity index (χ2v) is 7.40. The fourth-order valence-electron chi connectivity index (χ4n) is 3.99. The van der Waals surface area contributed by atoms with Crippen LogP contribution in [0.25, 0.3) is 0 Å². The van der Waals surface area contributed by atoms with Gasteiger partial charge in [-0.25, -0.2) is 0 Å². The summed E-state index contributed by atoms with van der Waals surface area (Å²) >= 11 is 0. The molecular formula is C22H30ClN3O. The van der Waals surface area contributed by atoms with Crippen molar-refractivity contribution in [3.63, 3.8) is 0 Å². The number of carbonyl (C=O) groups excluding carboxylic acids is 1. The Morgan fingerprint density at radius 1 is 1.07 bits per heavy atom. The third-order valence-electron chi connectivity index (χ3n) is 5.23. The third kappa shape index (κ3) is 5.10. The second-order valence-electron chi connectivity index (χ2n) is 7.40. The van der Waals surface area contributed by atoms with Crippen LogP contribution in [-0.2, 0) is 4.79 Å². The van der Waals surface area contributed by atoms with E-state index in [9.17, 15) is 4.79 Å². The number of nitrogens with two attached hydrogens (primary N) is 1. The van der Waals surface area contributed by atoms with Crippen molar-refractivity contribution in [2.24, 2.45) is 11.7 Å². The number of nitrogens with zero attached hydrogens (tertiary/aromatic N) is 2. The highest BCUT2D eigenvalue weighted by Gasteiger charge is 2.34. The molecule has 146 valence electrons. The van der Waals surface area contributed by atoms with Gasteiger partial charge >= 0.3 is 0 Å². The number of anilines is 1. The fraction of sp³-hybridized carbons (Fsp3) is 0.409. The Labute approximate surface area is 168 Å². The van der Waals surface area contributed by atoms with Crippen molar-refractivity contribution < 1.29 is 4.79 Å². The van der Waals surface area contributed by atoms with Gasteiger partial charge in [-0.3, -0.25) is 9.69 Å². The molecular weight excluding hydrogens is 358 g/mol. The Bertz CT molecular complexity index is 708. The molecule has 0 spiro atoms. The average Bonchev–Trinajstić information content (AvgIpc) is 3.06. The second kappa shape index (κ2) is 9.88. The van der Waals surface area contributed by atoms with Crippen molar-refractivity contribution in [2.45, 2.75) is 25.8 Å². The maximum absolute atomic E-state index is 13.0. The number of para-hydroxylation sites is 1. The normalized spacial score (nSPS) is 19.7. The smallest absolute Gasteiger partial charge is 0.241 e. The first kappa shape index (κ1) is 21.4. The summed E-state index contributed by atoms with van der Waals surface area (Å²) in [6, 6.07) is 20.6. The highest BCUT2D eigenvalue weighted by Crippen LogP contribution is 2.32. The number of halogens is 1. The minimum absolute atomic E-state index is 0. The van der Waals surface area contributed by atoms with Gasteiger partial charge in [0.05, 0.1) is 6.54 Å². The quantitative estimate of drug-likeness (QED) is 0.824. The molecule has 0 aliphatic carbocycles. The van der Waals surface area contributed by atoms with Gasteiger partial charge in [0.25, 0.3) is 0 Å². The zero-order valence-electron chi connectivity index (χ0n) is 16.1. The Balaban J connectivity index is 0.00000261. The molecule has 3 rings (SSSR count). The molecule has 1 saturated heterocycles. The largest absolute Gasteiger partial charge is 0.330 e. The van der Waals surface area contributed by atoms with Gasteiger partial charge in [0.1, 0.15) is 0 Å². The molecule has 27 heavy (non-hydrogen) atoms. The molecule has 0 saturated carbocycles. The van der Waals surface area contributed by atoms with E-state index in [-0.39, 0.29) is 24.4 Å². The molecule has 0 radical (unpaired) electrons. The van der Waals surface area contributed by atoms with E-state index in [0.29, 0.717) is 24.9 Å². The molecule has 0 aromatic heterocycles. The van der Waals surface area contributed by atoms with Crippen LogP contribution in [0.5, 0.6) is 0 Å². The van der Waals surface area contributed by atoms with Crippen LogP contribution in [0.4, 0.5) is 5.69 Å². The summed E-state index contributed by atoms with van der Waals surface area (Å²) in [5, 5.41) is 0. The minimum atomic E-state index is 0. The molecule has 2 aromatic carbocycles. The van der Waals surface area contributed by atoms with Crippen molar-refractivity contribution in [1.82, 2.24) is 4.90 Å². The molecule has 5 heteroatoms. The van der Waals surface area contributed by atoms with E-state index in [1.807, 2.05) is 41.3 Å². The van der Waals surface area contributed by atoms with Gasteiger partial charge in [-0.05, 0) is 44.0 Å². The van der Waals surface area contributed by atoms with Gasteiger partial charge in [0.15, 0.2) is 0 Å². The van der Waals surface area contributed by atoms with Crippen LogP contribution < -0.4 is 10.6 Å². The molecule has 2 atom stereocenters. The maximum Gasteiger partial charge on any atom is 0.241 e. The number of benzene rings is 2. The Kier molecular flexibility index (Phi) is 7.84. The third-order valence-corrected chi connectivity index (χ3v) is 5.23. The van der Waals surface area contributed by atoms with Crippen LogP contribution in [0.1, 0.15) is 25.3 Å². The molecule has 1 aliphatic heterocycles. The number of likely N-dealkylation sites (tertiary alicyclic amines) is 1. The average molecular weight is 388 g/mol. The van der Waals surface area contributed by atoms with Gasteiger partial charge in [0, 0.05) is 30.7 Å². The lowest BCUT2D eigenvalue weighted by Gasteiger charge is -2.29. The zero-order valence-corrected chi connectivity index (χ0v) is 16.9. The van der Waals surface area contributed by atoms with Crippen LogP contribution in [0.15, 0.2) is 60.7 Å². The summed E-state index contributed by atoms with van der Waals surface area (Å²) in [5.41, 5.74) is 8.31. The molecule has 0 unspecified atom stereocenters. The van der Waals surface area contributed by atoms with Crippen LogP contribution in [0.2, 0.25) is 0 Å². The van der Waals surface area contributed by atoms with Crippen LogP contribution in [-0.4, -0.2) is 43.0 Å². The number of hydrogen-bond donors (Lipinski definition) is 1. The number of hydrogen-bond acceptors (Lipinski definition) is 3. The van der Waals surface area contributed by atoms with Crippen LogP contribution >= 0.6 is 12.4 Å². The summed E-state index contributed by atoms with van der Waals surface area (Å²) in [5.74, 6) is 0.948. The van der Waals surface area contributed by atoms with Gasteiger partial charge in [-0.15, -0.1) is 12.4 Å². The predicted molar refractivity (Wildman–Crippen MR) is 114 cm³/mol. The molecule has 1 fully saturated rings. The SMILES string of the molecule is CC(C)N(C(=O)CN1C[C@@H](CN)[C@H](c2ccccc2)C1)c1ccccc1.Cl. The first-order chi connectivity index (χ1) is 12.6. The van der Waals surface area contributed by atoms with Crippen molar-refractivity contribution in [1.29, 1.82) is 0 Å². The van der Waals surface area contributed by atoms with Crippen molar-refractivity contribution in [2.75, 3.05) is 31.1 Å². The Hall–Kier alpha value is -1.88. The highest BCUT2D eigenvalue weighted by atomic mass is 35.5. The predicted octanol–water partition coefficient (Wildman–Crippen LogP) is 3.52. The maximum atomic E-state index is 13.0.